The molecule has 3 aromatic rings. The highest BCUT2D eigenvalue weighted by Crippen LogP contribution is 2.35. The Labute approximate surface area is 189 Å². The summed E-state index contributed by atoms with van der Waals surface area (Å²) in [6.45, 7) is 4.49. The number of halogens is 3. The summed E-state index contributed by atoms with van der Waals surface area (Å²) in [7, 11) is -4.52. The summed E-state index contributed by atoms with van der Waals surface area (Å²) in [5.74, 6) is 0.540. The molecule has 33 heavy (non-hydrogen) atoms. The summed E-state index contributed by atoms with van der Waals surface area (Å²) in [4.78, 5) is 7.45. The van der Waals surface area contributed by atoms with Crippen molar-refractivity contribution in [1.29, 1.82) is 0 Å². The summed E-state index contributed by atoms with van der Waals surface area (Å²) < 4.78 is 62.7. The minimum atomic E-state index is -4.87. The number of alkyl halides is 3. The second-order valence-corrected chi connectivity index (χ2v) is 8.88. The fourth-order valence-corrected chi connectivity index (χ4v) is 3.97. The molecule has 0 saturated heterocycles. The normalized spacial score (nSPS) is 11.9. The number of primary sulfonamides is 1. The monoisotopic (exact) mass is 480 g/mol. The highest BCUT2D eigenvalue weighted by Gasteiger charge is 2.36. The fraction of sp³-hybridized carbons (Fsp3) is 0.238. The van der Waals surface area contributed by atoms with Crippen LogP contribution in [0.25, 0.3) is 11.3 Å². The molecule has 1 heterocycles. The lowest BCUT2D eigenvalue weighted by Gasteiger charge is -2.15. The topological polar surface area (TPSA) is 136 Å². The van der Waals surface area contributed by atoms with Crippen molar-refractivity contribution in [2.45, 2.75) is 24.9 Å². The molecule has 12 heteroatoms. The van der Waals surface area contributed by atoms with E-state index in [0.717, 1.165) is 22.8 Å². The number of hydrogen-bond acceptors (Lipinski definition) is 7. The Morgan fingerprint density at radius 3 is 2.36 bits per heavy atom. The van der Waals surface area contributed by atoms with Gasteiger partial charge in [-0.2, -0.15) is 18.2 Å². The highest BCUT2D eigenvalue weighted by molar-refractivity contribution is 7.89. The number of sulfonamides is 1. The van der Waals surface area contributed by atoms with Crippen LogP contribution in [0.1, 0.15) is 16.7 Å². The molecule has 0 fully saturated rings. The van der Waals surface area contributed by atoms with E-state index in [0.29, 0.717) is 24.1 Å². The smallest absolute Gasteiger partial charge is 0.383 e. The largest absolute Gasteiger partial charge is 0.417 e. The van der Waals surface area contributed by atoms with Gasteiger partial charge in [0.05, 0.1) is 16.2 Å². The number of nitrogen functional groups attached to an aromatic ring is 1. The van der Waals surface area contributed by atoms with Crippen molar-refractivity contribution in [1.82, 2.24) is 9.97 Å². The van der Waals surface area contributed by atoms with Gasteiger partial charge in [-0.05, 0) is 43.2 Å². The Kier molecular flexibility index (Phi) is 6.79. The summed E-state index contributed by atoms with van der Waals surface area (Å²) in [5.41, 5.74) is 8.34. The summed E-state index contributed by atoms with van der Waals surface area (Å²) in [6.07, 6.45) is -4.87. The Hall–Kier alpha value is -3.38. The third kappa shape index (κ3) is 5.90. The Morgan fingerprint density at radius 2 is 1.70 bits per heavy atom. The van der Waals surface area contributed by atoms with Crippen LogP contribution in [-0.4, -0.2) is 31.5 Å². The van der Waals surface area contributed by atoms with Crippen LogP contribution in [0, 0.1) is 13.8 Å². The summed E-state index contributed by atoms with van der Waals surface area (Å²) >= 11 is 0. The van der Waals surface area contributed by atoms with Gasteiger partial charge in [-0.1, -0.05) is 18.2 Å². The predicted octanol–water partition coefficient (Wildman–Crippen LogP) is 3.53. The molecule has 1 aromatic heterocycles. The molecule has 0 unspecified atom stereocenters. The van der Waals surface area contributed by atoms with Crippen LogP contribution in [0.3, 0.4) is 0 Å². The van der Waals surface area contributed by atoms with Crippen molar-refractivity contribution in [3.63, 3.8) is 0 Å². The molecular weight excluding hydrogens is 457 g/mol. The zero-order valence-corrected chi connectivity index (χ0v) is 18.7. The van der Waals surface area contributed by atoms with E-state index in [-0.39, 0.29) is 18.2 Å². The van der Waals surface area contributed by atoms with Crippen molar-refractivity contribution < 1.29 is 21.6 Å². The molecule has 0 aliphatic rings. The van der Waals surface area contributed by atoms with Crippen LogP contribution < -0.4 is 21.5 Å². The first-order valence-electron chi connectivity index (χ1n) is 9.79. The van der Waals surface area contributed by atoms with E-state index in [1.807, 2.05) is 32.0 Å². The molecule has 0 saturated carbocycles. The first kappa shape index (κ1) is 24.3. The van der Waals surface area contributed by atoms with Gasteiger partial charge in [0.15, 0.2) is 0 Å². The van der Waals surface area contributed by atoms with Gasteiger partial charge in [0.2, 0.25) is 16.0 Å². The molecule has 8 nitrogen and oxygen atoms in total. The van der Waals surface area contributed by atoms with E-state index in [1.54, 1.807) is 6.07 Å². The molecule has 176 valence electrons. The van der Waals surface area contributed by atoms with Gasteiger partial charge in [0.1, 0.15) is 5.82 Å². The van der Waals surface area contributed by atoms with E-state index in [9.17, 15) is 21.6 Å². The first-order chi connectivity index (χ1) is 15.4. The van der Waals surface area contributed by atoms with Gasteiger partial charge in [0, 0.05) is 30.4 Å². The fourth-order valence-electron chi connectivity index (χ4n) is 3.23. The highest BCUT2D eigenvalue weighted by atomic mass is 32.2. The molecule has 0 amide bonds. The number of nitrogens with two attached hydrogens (primary N) is 2. The van der Waals surface area contributed by atoms with Crippen LogP contribution in [0.4, 0.5) is 30.6 Å². The van der Waals surface area contributed by atoms with E-state index >= 15 is 0 Å². The SMILES string of the molecule is Cc1cccc(-c2cc(NCCNc3ccc(S(N)(=O)=O)c(C(F)(F)F)c3)nc(N)n2)c1C. The summed E-state index contributed by atoms with van der Waals surface area (Å²) in [6, 6.07) is 10.3. The molecule has 6 N–H and O–H groups in total. The van der Waals surface area contributed by atoms with Crippen LogP contribution in [0.5, 0.6) is 0 Å². The van der Waals surface area contributed by atoms with E-state index in [2.05, 4.69) is 20.6 Å². The lowest BCUT2D eigenvalue weighted by atomic mass is 10.0. The average molecular weight is 481 g/mol. The van der Waals surface area contributed by atoms with Gasteiger partial charge >= 0.3 is 6.18 Å². The van der Waals surface area contributed by atoms with Gasteiger partial charge in [0.25, 0.3) is 0 Å². The maximum absolute atomic E-state index is 13.3. The molecule has 3 rings (SSSR count). The summed E-state index contributed by atoms with van der Waals surface area (Å²) in [5, 5.41) is 10.8. The quantitative estimate of drug-likeness (QED) is 0.380. The minimum Gasteiger partial charge on any atom is -0.383 e. The number of nitrogens with zero attached hydrogens (tertiary/aromatic N) is 2. The molecular formula is C21H23F3N6O2S. The average Bonchev–Trinajstić information content (AvgIpc) is 2.71. The van der Waals surface area contributed by atoms with E-state index in [1.165, 1.54) is 6.07 Å². The third-order valence-corrected chi connectivity index (χ3v) is 5.94. The Bertz CT molecular complexity index is 1280. The van der Waals surface area contributed by atoms with Crippen LogP contribution >= 0.6 is 0 Å². The van der Waals surface area contributed by atoms with Gasteiger partial charge in [-0.3, -0.25) is 0 Å². The molecule has 0 atom stereocenters. The minimum absolute atomic E-state index is 0.0808. The lowest BCUT2D eigenvalue weighted by Crippen LogP contribution is -2.20. The molecule has 0 aliphatic heterocycles. The third-order valence-electron chi connectivity index (χ3n) is 4.98. The number of aromatic nitrogens is 2. The Balaban J connectivity index is 1.71. The number of hydrogen-bond donors (Lipinski definition) is 4. The zero-order chi connectivity index (χ0) is 24.4. The number of aryl methyl sites for hydroxylation is 1. The molecule has 0 spiro atoms. The Morgan fingerprint density at radius 1 is 1.00 bits per heavy atom. The standard InChI is InChI=1S/C21H23F3N6O2S/c1-12-4-3-5-15(13(12)2)17-11-19(30-20(25)29-17)28-9-8-27-14-6-7-18(33(26,31)32)16(10-14)21(22,23)24/h3-7,10-11,27H,8-9H2,1-2H3,(H2,26,31,32)(H3,25,28,29,30). The number of benzene rings is 2. The zero-order valence-electron chi connectivity index (χ0n) is 17.9. The second kappa shape index (κ2) is 9.24. The molecule has 0 aliphatic carbocycles. The second-order valence-electron chi connectivity index (χ2n) is 7.35. The van der Waals surface area contributed by atoms with E-state index in [4.69, 9.17) is 10.9 Å². The van der Waals surface area contributed by atoms with Crippen LogP contribution in [-0.2, 0) is 16.2 Å². The predicted molar refractivity (Wildman–Crippen MR) is 121 cm³/mol. The molecule has 2 aromatic carbocycles. The van der Waals surface area contributed by atoms with Gasteiger partial charge < -0.3 is 16.4 Å². The van der Waals surface area contributed by atoms with Crippen molar-refractivity contribution in [2.75, 3.05) is 29.5 Å². The maximum Gasteiger partial charge on any atom is 0.417 e. The number of rotatable bonds is 7. The van der Waals surface area contributed by atoms with Crippen LogP contribution in [0.15, 0.2) is 47.4 Å². The van der Waals surface area contributed by atoms with Gasteiger partial charge in [-0.25, -0.2) is 18.5 Å². The van der Waals surface area contributed by atoms with Crippen molar-refractivity contribution >= 4 is 27.5 Å². The van der Waals surface area contributed by atoms with E-state index < -0.39 is 26.7 Å². The maximum atomic E-state index is 13.3. The van der Waals surface area contributed by atoms with Crippen LogP contribution in [0.2, 0.25) is 0 Å². The van der Waals surface area contributed by atoms with Gasteiger partial charge in [-0.15, -0.1) is 0 Å². The number of anilines is 3. The molecule has 0 bridgehead atoms. The lowest BCUT2D eigenvalue weighted by molar-refractivity contribution is -0.139. The van der Waals surface area contributed by atoms with Crippen molar-refractivity contribution in [3.8, 4) is 11.3 Å². The number of nitrogens with one attached hydrogen (secondary N) is 2. The van der Waals surface area contributed by atoms with Crippen molar-refractivity contribution in [2.24, 2.45) is 5.14 Å². The molecule has 0 radical (unpaired) electrons. The first-order valence-corrected chi connectivity index (χ1v) is 11.3. The van der Waals surface area contributed by atoms with Crippen molar-refractivity contribution in [3.05, 3.63) is 59.2 Å².